The van der Waals surface area contributed by atoms with Gasteiger partial charge < -0.3 is 10.1 Å². The van der Waals surface area contributed by atoms with Crippen molar-refractivity contribution in [1.29, 1.82) is 0 Å². The van der Waals surface area contributed by atoms with E-state index in [1.807, 2.05) is 13.8 Å². The van der Waals surface area contributed by atoms with E-state index < -0.39 is 0 Å². The van der Waals surface area contributed by atoms with Crippen LogP contribution >= 0.6 is 0 Å². The molecule has 12 heavy (non-hydrogen) atoms. The van der Waals surface area contributed by atoms with Crippen molar-refractivity contribution in [3.63, 3.8) is 0 Å². The number of hydrogen-bond acceptors (Lipinski definition) is 2. The van der Waals surface area contributed by atoms with Crippen molar-refractivity contribution in [2.24, 2.45) is 0 Å². The molecule has 1 heterocycles. The third-order valence-electron chi connectivity index (χ3n) is 2.94. The van der Waals surface area contributed by atoms with E-state index in [2.05, 4.69) is 5.32 Å². The van der Waals surface area contributed by atoms with Gasteiger partial charge in [0.15, 0.2) is 0 Å². The molecule has 0 aromatic carbocycles. The summed E-state index contributed by atoms with van der Waals surface area (Å²) >= 11 is 0. The molecular weight excluding hydrogens is 150 g/mol. The first-order valence-electron chi connectivity index (χ1n) is 5.24. The van der Waals surface area contributed by atoms with Crippen LogP contribution in [0.1, 0.15) is 39.5 Å². The Morgan fingerprint density at radius 2 is 1.33 bits per heavy atom. The summed E-state index contributed by atoms with van der Waals surface area (Å²) in [5.41, 5.74) is 0.628. The Kier molecular flexibility index (Phi) is 1.92. The molecule has 0 aromatic rings. The largest absolute Gasteiger partial charge is 0.366 e. The quantitative estimate of drug-likeness (QED) is 0.596. The standard InChI is InChI=1S/C8H13NO.C2H6/c1-2-7(1)5-9-6-8(10-7)3-4-8;1-2/h9H,1-6H2;1-2H3. The smallest absolute Gasteiger partial charge is 0.0816 e. The Labute approximate surface area is 74.7 Å². The summed E-state index contributed by atoms with van der Waals surface area (Å²) in [6, 6.07) is 0. The number of morpholine rings is 1. The van der Waals surface area contributed by atoms with Gasteiger partial charge in [-0.1, -0.05) is 13.8 Å². The summed E-state index contributed by atoms with van der Waals surface area (Å²) in [5, 5.41) is 3.47. The lowest BCUT2D eigenvalue weighted by Gasteiger charge is -2.31. The predicted molar refractivity (Wildman–Crippen MR) is 49.2 cm³/mol. The first-order chi connectivity index (χ1) is 5.83. The fraction of sp³-hybridized carbons (Fsp3) is 1.00. The molecule has 3 aliphatic rings. The van der Waals surface area contributed by atoms with Crippen LogP contribution in [0.4, 0.5) is 0 Å². The van der Waals surface area contributed by atoms with Crippen molar-refractivity contribution < 1.29 is 4.74 Å². The molecule has 3 fully saturated rings. The van der Waals surface area contributed by atoms with Gasteiger partial charge in [-0.25, -0.2) is 0 Å². The monoisotopic (exact) mass is 169 g/mol. The van der Waals surface area contributed by atoms with Crippen LogP contribution in [0.5, 0.6) is 0 Å². The zero-order valence-electron chi connectivity index (χ0n) is 8.15. The molecule has 0 aromatic heterocycles. The van der Waals surface area contributed by atoms with Gasteiger partial charge in [0.05, 0.1) is 11.2 Å². The Balaban J connectivity index is 0.000000264. The van der Waals surface area contributed by atoms with Crippen molar-refractivity contribution in [3.8, 4) is 0 Å². The molecule has 0 atom stereocenters. The van der Waals surface area contributed by atoms with Crippen LogP contribution in [0.2, 0.25) is 0 Å². The molecule has 2 saturated carbocycles. The van der Waals surface area contributed by atoms with Gasteiger partial charge >= 0.3 is 0 Å². The van der Waals surface area contributed by atoms with Crippen molar-refractivity contribution in [1.82, 2.24) is 5.32 Å². The highest BCUT2D eigenvalue weighted by atomic mass is 16.5. The summed E-state index contributed by atoms with van der Waals surface area (Å²) in [6.45, 7) is 6.21. The zero-order valence-corrected chi connectivity index (χ0v) is 8.15. The minimum Gasteiger partial charge on any atom is -0.366 e. The van der Waals surface area contributed by atoms with Crippen molar-refractivity contribution in [2.45, 2.75) is 50.7 Å². The fourth-order valence-electron chi connectivity index (χ4n) is 1.89. The SMILES string of the molecule is C1CC12CNCC1(CC1)O2.CC. The van der Waals surface area contributed by atoms with Crippen molar-refractivity contribution in [3.05, 3.63) is 0 Å². The molecule has 1 N–H and O–H groups in total. The summed E-state index contributed by atoms with van der Waals surface area (Å²) in [7, 11) is 0. The van der Waals surface area contributed by atoms with Gasteiger partial charge in [-0.15, -0.1) is 0 Å². The first kappa shape index (κ1) is 8.52. The molecule has 0 unspecified atom stereocenters. The van der Waals surface area contributed by atoms with Crippen molar-refractivity contribution in [2.75, 3.05) is 13.1 Å². The van der Waals surface area contributed by atoms with Gasteiger partial charge in [0.1, 0.15) is 0 Å². The number of ether oxygens (including phenoxy) is 1. The third-order valence-corrected chi connectivity index (χ3v) is 2.94. The lowest BCUT2D eigenvalue weighted by molar-refractivity contribution is -0.0714. The molecule has 0 amide bonds. The Morgan fingerprint density at radius 3 is 1.67 bits per heavy atom. The fourth-order valence-corrected chi connectivity index (χ4v) is 1.89. The maximum Gasteiger partial charge on any atom is 0.0816 e. The lowest BCUT2D eigenvalue weighted by atomic mass is 10.2. The number of hydrogen-bond donors (Lipinski definition) is 1. The van der Waals surface area contributed by atoms with Crippen LogP contribution < -0.4 is 5.32 Å². The van der Waals surface area contributed by atoms with Crippen LogP contribution in [0.3, 0.4) is 0 Å². The van der Waals surface area contributed by atoms with Gasteiger partial charge in [0, 0.05) is 13.1 Å². The van der Waals surface area contributed by atoms with Gasteiger partial charge in [-0.2, -0.15) is 0 Å². The topological polar surface area (TPSA) is 21.3 Å². The van der Waals surface area contributed by atoms with E-state index in [0.717, 1.165) is 13.1 Å². The second-order valence-corrected chi connectivity index (χ2v) is 4.07. The molecule has 2 aliphatic carbocycles. The van der Waals surface area contributed by atoms with E-state index in [0.29, 0.717) is 11.2 Å². The van der Waals surface area contributed by atoms with Crippen LogP contribution in [-0.2, 0) is 4.74 Å². The summed E-state index contributed by atoms with van der Waals surface area (Å²) in [4.78, 5) is 0. The van der Waals surface area contributed by atoms with Crippen LogP contribution in [0.25, 0.3) is 0 Å². The minimum absolute atomic E-state index is 0.314. The summed E-state index contributed by atoms with van der Waals surface area (Å²) in [6.07, 6.45) is 5.17. The zero-order chi connectivity index (χ0) is 8.66. The van der Waals surface area contributed by atoms with Gasteiger partial charge in [0.2, 0.25) is 0 Å². The molecular formula is C10H19NO. The Morgan fingerprint density at radius 1 is 0.917 bits per heavy atom. The lowest BCUT2D eigenvalue weighted by Crippen LogP contribution is -2.47. The van der Waals surface area contributed by atoms with E-state index in [-0.39, 0.29) is 0 Å². The molecule has 70 valence electrons. The minimum atomic E-state index is 0.314. The van der Waals surface area contributed by atoms with Crippen LogP contribution in [0.15, 0.2) is 0 Å². The van der Waals surface area contributed by atoms with E-state index in [1.165, 1.54) is 25.7 Å². The predicted octanol–water partition coefficient (Wildman–Crippen LogP) is 1.70. The second kappa shape index (κ2) is 2.71. The molecule has 2 nitrogen and oxygen atoms in total. The van der Waals surface area contributed by atoms with Gasteiger partial charge in [-0.05, 0) is 25.7 Å². The highest BCUT2D eigenvalue weighted by Gasteiger charge is 2.57. The molecule has 0 bridgehead atoms. The maximum absolute atomic E-state index is 6.02. The highest BCUT2D eigenvalue weighted by Crippen LogP contribution is 2.52. The molecule has 2 spiro atoms. The van der Waals surface area contributed by atoms with E-state index in [4.69, 9.17) is 4.74 Å². The molecule has 3 rings (SSSR count). The summed E-state index contributed by atoms with van der Waals surface area (Å²) in [5.74, 6) is 0. The van der Waals surface area contributed by atoms with Gasteiger partial charge in [0.25, 0.3) is 0 Å². The molecule has 1 aliphatic heterocycles. The third kappa shape index (κ3) is 1.38. The average Bonchev–Trinajstić information content (AvgIpc) is 3.00. The Bertz CT molecular complexity index is 153. The van der Waals surface area contributed by atoms with Gasteiger partial charge in [-0.3, -0.25) is 0 Å². The van der Waals surface area contributed by atoms with E-state index in [1.54, 1.807) is 0 Å². The first-order valence-corrected chi connectivity index (χ1v) is 5.24. The summed E-state index contributed by atoms with van der Waals surface area (Å²) < 4.78 is 6.02. The van der Waals surface area contributed by atoms with Crippen LogP contribution in [-0.4, -0.2) is 24.3 Å². The average molecular weight is 169 g/mol. The van der Waals surface area contributed by atoms with Crippen molar-refractivity contribution >= 4 is 0 Å². The highest BCUT2D eigenvalue weighted by molar-refractivity contribution is 5.10. The molecule has 2 heteroatoms. The maximum atomic E-state index is 6.02. The normalized spacial score (nSPS) is 32.5. The second-order valence-electron chi connectivity index (χ2n) is 4.07. The Hall–Kier alpha value is -0.0800. The molecule has 1 saturated heterocycles. The number of nitrogens with one attached hydrogen (secondary N) is 1. The van der Waals surface area contributed by atoms with E-state index >= 15 is 0 Å². The molecule has 0 radical (unpaired) electrons. The van der Waals surface area contributed by atoms with Crippen LogP contribution in [0, 0.1) is 0 Å². The number of rotatable bonds is 0. The van der Waals surface area contributed by atoms with E-state index in [9.17, 15) is 0 Å².